The smallest absolute Gasteiger partial charge is 0.135 e. The van der Waals surface area contributed by atoms with E-state index in [1.807, 2.05) is 32.0 Å². The van der Waals surface area contributed by atoms with Crippen LogP contribution in [0.1, 0.15) is 90.5 Å². The predicted octanol–water partition coefficient (Wildman–Crippen LogP) is 16.6. The topological polar surface area (TPSA) is 35.2 Å². The second kappa shape index (κ2) is 16.4. The summed E-state index contributed by atoms with van der Waals surface area (Å²) >= 11 is 0. The van der Waals surface area contributed by atoms with E-state index in [4.69, 9.17) is 11.1 Å². The molecule has 0 bridgehead atoms. The molecule has 6 heteroatoms. The van der Waals surface area contributed by atoms with E-state index >= 15 is 0 Å². The Balaban J connectivity index is 0.00000539. The molecule has 0 atom stereocenters. The maximum Gasteiger partial charge on any atom is 0.135 e. The third-order valence-electron chi connectivity index (χ3n) is 13.4. The Morgan fingerprint density at radius 3 is 2.09 bits per heavy atom. The van der Waals surface area contributed by atoms with Gasteiger partial charge in [0.25, 0.3) is 0 Å². The van der Waals surface area contributed by atoms with Crippen LogP contribution < -0.4 is 9.64 Å². The molecule has 0 fully saturated rings. The Morgan fingerprint density at radius 1 is 0.642 bits per heavy atom. The molecule has 5 nitrogen and oxygen atoms in total. The van der Waals surface area contributed by atoms with Gasteiger partial charge in [-0.25, -0.2) is 4.98 Å². The molecule has 0 radical (unpaired) electrons. The van der Waals surface area contributed by atoms with E-state index in [9.17, 15) is 0 Å². The first-order valence-corrected chi connectivity index (χ1v) is 23.0. The summed E-state index contributed by atoms with van der Waals surface area (Å²) in [5.74, 6) is 1.17. The van der Waals surface area contributed by atoms with E-state index in [0.29, 0.717) is 11.5 Å². The van der Waals surface area contributed by atoms with Gasteiger partial charge in [-0.1, -0.05) is 174 Å². The molecule has 7 aromatic carbocycles. The summed E-state index contributed by atoms with van der Waals surface area (Å²) in [5.41, 5.74) is 11.4. The fraction of sp³-hybridized carbons (Fsp3) is 0.213. The van der Waals surface area contributed by atoms with Crippen LogP contribution in [-0.2, 0) is 31.9 Å². The molecular formula is C61H55N4OPt-3. The van der Waals surface area contributed by atoms with E-state index in [2.05, 4.69) is 203 Å². The number of hydrogen-bond acceptors (Lipinski definition) is 3. The van der Waals surface area contributed by atoms with Crippen molar-refractivity contribution in [3.63, 3.8) is 0 Å². The van der Waals surface area contributed by atoms with Gasteiger partial charge in [0.1, 0.15) is 5.82 Å². The van der Waals surface area contributed by atoms with Crippen LogP contribution in [0, 0.1) is 32.6 Å². The molecule has 1 aliphatic heterocycles. The van der Waals surface area contributed by atoms with Gasteiger partial charge in [0.15, 0.2) is 0 Å². The normalized spacial score (nSPS) is 13.1. The van der Waals surface area contributed by atoms with Gasteiger partial charge in [0.2, 0.25) is 0 Å². The van der Waals surface area contributed by atoms with Gasteiger partial charge in [-0.15, -0.1) is 35.2 Å². The number of para-hydroxylation sites is 2. The van der Waals surface area contributed by atoms with Crippen LogP contribution in [-0.4, -0.2) is 14.1 Å². The van der Waals surface area contributed by atoms with Gasteiger partial charge in [-0.05, 0) is 110 Å². The number of benzene rings is 7. The first-order chi connectivity index (χ1) is 31.9. The number of rotatable bonds is 5. The molecule has 0 spiro atoms. The van der Waals surface area contributed by atoms with Crippen LogP contribution in [0.5, 0.6) is 11.5 Å². The van der Waals surface area contributed by atoms with Gasteiger partial charge in [0, 0.05) is 51.3 Å². The molecule has 10 aromatic rings. The minimum Gasteiger partial charge on any atom is -0.509 e. The van der Waals surface area contributed by atoms with Crippen molar-refractivity contribution in [2.75, 3.05) is 4.90 Å². The quantitative estimate of drug-likeness (QED) is 0.161. The number of aryl methyl sites for hydroxylation is 2. The van der Waals surface area contributed by atoms with E-state index < -0.39 is 5.89 Å². The Labute approximate surface area is 410 Å². The van der Waals surface area contributed by atoms with Crippen LogP contribution in [0.25, 0.3) is 71.0 Å². The Bertz CT molecular complexity index is 3750. The van der Waals surface area contributed by atoms with Gasteiger partial charge < -0.3 is 18.8 Å². The van der Waals surface area contributed by atoms with E-state index in [0.717, 1.165) is 66.5 Å². The summed E-state index contributed by atoms with van der Waals surface area (Å²) in [6, 6.07) is 55.7. The zero-order valence-electron chi connectivity index (χ0n) is 40.9. The van der Waals surface area contributed by atoms with E-state index in [1.165, 1.54) is 43.6 Å². The van der Waals surface area contributed by atoms with Crippen molar-refractivity contribution in [1.82, 2.24) is 14.1 Å². The summed E-state index contributed by atoms with van der Waals surface area (Å²) in [4.78, 5) is 7.15. The van der Waals surface area contributed by atoms with Crippen LogP contribution >= 0.6 is 0 Å². The number of nitrogens with zero attached hydrogens (tertiary/aromatic N) is 4. The van der Waals surface area contributed by atoms with Crippen molar-refractivity contribution >= 4 is 76.5 Å². The first-order valence-electron chi connectivity index (χ1n) is 23.5. The molecule has 0 saturated carbocycles. The molecule has 0 amide bonds. The van der Waals surface area contributed by atoms with Crippen LogP contribution in [0.15, 0.2) is 140 Å². The molecule has 0 aliphatic carbocycles. The van der Waals surface area contributed by atoms with Crippen molar-refractivity contribution in [1.29, 1.82) is 0 Å². The van der Waals surface area contributed by atoms with E-state index in [1.54, 1.807) is 6.20 Å². The maximum atomic E-state index is 8.86. The number of pyridine rings is 1. The van der Waals surface area contributed by atoms with Crippen LogP contribution in [0.3, 0.4) is 0 Å². The standard InChI is InChI=1S/C61H55N4O.Pt/c1-37(2)40-29-30-62-57(32-40)65-53-28-22-41(60(5,6)7)33-51(53)47-26-24-43(35-55(47)65)66-56-34-42(23-27-52(56)61(8,9)10)63-36-64-58-39(4)15-13-18-49(58)50-31-38(3)21-25-46(50)44-16-11-12-17-45(44)48-19-14-20-54(63)59(48)64;/h11-33,36-37H,1-10H3;/q-3;/i37D;. The average Bonchev–Trinajstić information content (AvgIpc) is 3.84. The molecule has 67 heavy (non-hydrogen) atoms. The minimum atomic E-state index is -0.795. The number of ether oxygens (including phenoxy) is 1. The van der Waals surface area contributed by atoms with Gasteiger partial charge in [0.05, 0.1) is 0 Å². The Kier molecular flexibility index (Phi) is 10.5. The van der Waals surface area contributed by atoms with Crippen molar-refractivity contribution in [2.24, 2.45) is 0 Å². The molecule has 1 aliphatic rings. The molecular weight excluding hydrogens is 1000 g/mol. The summed E-state index contributed by atoms with van der Waals surface area (Å²) < 4.78 is 20.5. The predicted molar refractivity (Wildman–Crippen MR) is 278 cm³/mol. The van der Waals surface area contributed by atoms with E-state index in [-0.39, 0.29) is 31.9 Å². The SMILES string of the molecule is [2H]C(C)(C)c1ccnc(-n2c3[c-]c(Oc4[c-]c(N5[CH-]n6c7c(C)cccc7c7cc(C)ccc7c7ccccc7c7cccc5c76)ccc4C(C)(C)C)ccc3c3cc(C(C)(C)C)ccc32)c1.[Pt]. The van der Waals surface area contributed by atoms with Crippen molar-refractivity contribution in [2.45, 2.75) is 86.0 Å². The fourth-order valence-corrected chi connectivity index (χ4v) is 9.98. The number of hydrogen-bond donors (Lipinski definition) is 0. The molecule has 338 valence electrons. The van der Waals surface area contributed by atoms with Crippen LogP contribution in [0.2, 0.25) is 0 Å². The van der Waals surface area contributed by atoms with Crippen molar-refractivity contribution in [3.05, 3.63) is 186 Å². The average molecular weight is 1060 g/mol. The van der Waals surface area contributed by atoms with Crippen molar-refractivity contribution < 1.29 is 27.2 Å². The fourth-order valence-electron chi connectivity index (χ4n) is 9.98. The van der Waals surface area contributed by atoms with Gasteiger partial charge in [-0.3, -0.25) is 0 Å². The van der Waals surface area contributed by atoms with Crippen molar-refractivity contribution in [3.8, 4) is 17.3 Å². The summed E-state index contributed by atoms with van der Waals surface area (Å²) in [7, 11) is 0. The summed E-state index contributed by atoms with van der Waals surface area (Å²) in [5, 5.41) is 9.37. The van der Waals surface area contributed by atoms with Gasteiger partial charge in [-0.2, -0.15) is 12.1 Å². The molecule has 0 saturated heterocycles. The minimum absolute atomic E-state index is 0. The largest absolute Gasteiger partial charge is 0.509 e. The number of aromatic nitrogens is 3. The molecule has 3 aromatic heterocycles. The summed E-state index contributed by atoms with van der Waals surface area (Å²) in [6.45, 7) is 23.8. The Morgan fingerprint density at radius 2 is 1.34 bits per heavy atom. The third-order valence-corrected chi connectivity index (χ3v) is 13.4. The Hall–Kier alpha value is -6.55. The summed E-state index contributed by atoms with van der Waals surface area (Å²) in [6.07, 6.45) is 1.81. The molecule has 4 heterocycles. The van der Waals surface area contributed by atoms with Gasteiger partial charge >= 0.3 is 0 Å². The zero-order valence-corrected chi connectivity index (χ0v) is 42.1. The number of anilines is 2. The third kappa shape index (κ3) is 7.43. The first kappa shape index (κ1) is 43.0. The molecule has 11 rings (SSSR count). The second-order valence-corrected chi connectivity index (χ2v) is 20.3. The molecule has 0 N–H and O–H groups in total. The second-order valence-electron chi connectivity index (χ2n) is 20.3. The molecule has 0 unspecified atom stereocenters. The maximum absolute atomic E-state index is 8.86. The zero-order chi connectivity index (χ0) is 46.7. The number of fused-ring (bicyclic) bond motifs is 10. The monoisotopic (exact) mass is 1060 g/mol. The van der Waals surface area contributed by atoms with Crippen LogP contribution in [0.4, 0.5) is 11.4 Å².